The number of benzene rings is 1. The first-order chi connectivity index (χ1) is 9.65. The van der Waals surface area contributed by atoms with Gasteiger partial charge in [-0.3, -0.25) is 9.59 Å². The van der Waals surface area contributed by atoms with Crippen molar-refractivity contribution < 1.29 is 18.7 Å². The second-order valence-electron chi connectivity index (χ2n) is 4.90. The molecule has 1 aliphatic rings. The van der Waals surface area contributed by atoms with Crippen molar-refractivity contribution >= 4 is 11.7 Å². The van der Waals surface area contributed by atoms with E-state index in [1.807, 2.05) is 0 Å². The molecule has 0 aliphatic carbocycles. The molecule has 1 unspecified atom stereocenters. The molecule has 0 radical (unpaired) electrons. The van der Waals surface area contributed by atoms with Crippen LogP contribution in [0.5, 0.6) is 0 Å². The molecule has 0 aromatic heterocycles. The molecular formula is C15H18FNO3. The quantitative estimate of drug-likeness (QED) is 0.840. The molecule has 1 aliphatic heterocycles. The van der Waals surface area contributed by atoms with Crippen molar-refractivity contribution in [2.75, 3.05) is 13.2 Å². The highest BCUT2D eigenvalue weighted by Crippen LogP contribution is 2.15. The molecule has 1 amide bonds. The zero-order valence-corrected chi connectivity index (χ0v) is 11.2. The minimum Gasteiger partial charge on any atom is -0.378 e. The van der Waals surface area contributed by atoms with Crippen LogP contribution >= 0.6 is 0 Å². The average molecular weight is 279 g/mol. The van der Waals surface area contributed by atoms with Crippen LogP contribution in [0, 0.1) is 5.82 Å². The zero-order valence-electron chi connectivity index (χ0n) is 11.2. The Balaban J connectivity index is 1.75. The zero-order chi connectivity index (χ0) is 14.4. The highest BCUT2D eigenvalue weighted by atomic mass is 19.1. The van der Waals surface area contributed by atoms with Gasteiger partial charge in [-0.15, -0.1) is 0 Å². The average Bonchev–Trinajstić information content (AvgIpc) is 2.46. The van der Waals surface area contributed by atoms with Crippen molar-refractivity contribution in [1.29, 1.82) is 0 Å². The maximum Gasteiger partial charge on any atom is 0.222 e. The summed E-state index contributed by atoms with van der Waals surface area (Å²) >= 11 is 0. The smallest absolute Gasteiger partial charge is 0.222 e. The van der Waals surface area contributed by atoms with E-state index in [4.69, 9.17) is 4.74 Å². The van der Waals surface area contributed by atoms with Crippen molar-refractivity contribution in [1.82, 2.24) is 5.32 Å². The molecule has 1 aromatic rings. The van der Waals surface area contributed by atoms with Gasteiger partial charge in [-0.2, -0.15) is 0 Å². The first-order valence-corrected chi connectivity index (χ1v) is 6.82. The van der Waals surface area contributed by atoms with E-state index in [9.17, 15) is 14.0 Å². The molecule has 1 aromatic carbocycles. The third-order valence-electron chi connectivity index (χ3n) is 3.30. The topological polar surface area (TPSA) is 55.4 Å². The van der Waals surface area contributed by atoms with Crippen molar-refractivity contribution in [2.24, 2.45) is 0 Å². The second-order valence-corrected chi connectivity index (χ2v) is 4.90. The summed E-state index contributed by atoms with van der Waals surface area (Å²) in [6.45, 7) is 0.629. The van der Waals surface area contributed by atoms with E-state index in [0.29, 0.717) is 12.2 Å². The lowest BCUT2D eigenvalue weighted by atomic mass is 10.1. The minimum absolute atomic E-state index is 0.0373. The largest absolute Gasteiger partial charge is 0.378 e. The molecule has 0 bridgehead atoms. The normalized spacial score (nSPS) is 18.6. The lowest BCUT2D eigenvalue weighted by molar-refractivity contribution is -0.124. The van der Waals surface area contributed by atoms with Crippen LogP contribution in [0.2, 0.25) is 0 Å². The fourth-order valence-electron chi connectivity index (χ4n) is 2.16. The number of ether oxygens (including phenoxy) is 1. The molecule has 1 fully saturated rings. The highest BCUT2D eigenvalue weighted by Gasteiger charge is 2.18. The van der Waals surface area contributed by atoms with Crippen LogP contribution in [-0.2, 0) is 9.53 Å². The van der Waals surface area contributed by atoms with Gasteiger partial charge in [0.05, 0.1) is 19.1 Å². The van der Waals surface area contributed by atoms with Gasteiger partial charge in [-0.1, -0.05) is 0 Å². The van der Waals surface area contributed by atoms with Crippen LogP contribution < -0.4 is 5.32 Å². The van der Waals surface area contributed by atoms with E-state index in [-0.39, 0.29) is 36.6 Å². The summed E-state index contributed by atoms with van der Waals surface area (Å²) in [6, 6.07) is 5.28. The molecule has 20 heavy (non-hydrogen) atoms. The maximum absolute atomic E-state index is 12.7. The Kier molecular flexibility index (Phi) is 5.24. The van der Waals surface area contributed by atoms with E-state index < -0.39 is 0 Å². The Morgan fingerprint density at radius 1 is 1.25 bits per heavy atom. The SMILES string of the molecule is O=C(CC1CCCCO1)NCC(=O)c1ccc(F)cc1. The summed E-state index contributed by atoms with van der Waals surface area (Å²) in [5.41, 5.74) is 0.389. The Morgan fingerprint density at radius 3 is 2.65 bits per heavy atom. The van der Waals surface area contributed by atoms with Gasteiger partial charge in [0.25, 0.3) is 0 Å². The predicted molar refractivity (Wildman–Crippen MR) is 71.9 cm³/mol. The number of ketones is 1. The van der Waals surface area contributed by atoms with Crippen molar-refractivity contribution in [3.05, 3.63) is 35.6 Å². The molecule has 1 saturated heterocycles. The maximum atomic E-state index is 12.7. The fourth-order valence-corrected chi connectivity index (χ4v) is 2.16. The molecule has 1 heterocycles. The van der Waals surface area contributed by atoms with Gasteiger partial charge < -0.3 is 10.1 Å². The van der Waals surface area contributed by atoms with Crippen LogP contribution in [0.3, 0.4) is 0 Å². The van der Waals surface area contributed by atoms with E-state index >= 15 is 0 Å². The standard InChI is InChI=1S/C15H18FNO3/c16-12-6-4-11(5-7-12)14(18)10-17-15(19)9-13-3-1-2-8-20-13/h4-7,13H,1-3,8-10H2,(H,17,19). The number of carbonyl (C=O) groups is 2. The molecule has 0 spiro atoms. The Bertz CT molecular complexity index is 467. The summed E-state index contributed by atoms with van der Waals surface area (Å²) in [4.78, 5) is 23.5. The van der Waals surface area contributed by atoms with Crippen LogP contribution in [0.1, 0.15) is 36.0 Å². The Hall–Kier alpha value is -1.75. The van der Waals surface area contributed by atoms with Crippen LogP contribution in [0.4, 0.5) is 4.39 Å². The van der Waals surface area contributed by atoms with Gasteiger partial charge >= 0.3 is 0 Å². The molecule has 0 saturated carbocycles. The fraction of sp³-hybridized carbons (Fsp3) is 0.467. The number of hydrogen-bond donors (Lipinski definition) is 1. The monoisotopic (exact) mass is 279 g/mol. The number of Topliss-reactive ketones (excluding diaryl/α,β-unsaturated/α-hetero) is 1. The molecular weight excluding hydrogens is 261 g/mol. The molecule has 4 nitrogen and oxygen atoms in total. The van der Waals surface area contributed by atoms with Crippen molar-refractivity contribution in [2.45, 2.75) is 31.8 Å². The molecule has 2 rings (SSSR count). The van der Waals surface area contributed by atoms with Crippen LogP contribution in [0.15, 0.2) is 24.3 Å². The van der Waals surface area contributed by atoms with Gasteiger partial charge in [0.15, 0.2) is 5.78 Å². The van der Waals surface area contributed by atoms with E-state index in [0.717, 1.165) is 19.3 Å². The second kappa shape index (κ2) is 7.14. The third-order valence-corrected chi connectivity index (χ3v) is 3.30. The third kappa shape index (κ3) is 4.42. The molecule has 1 atom stereocenters. The van der Waals surface area contributed by atoms with Gasteiger partial charge in [-0.25, -0.2) is 4.39 Å². The van der Waals surface area contributed by atoms with Crippen LogP contribution in [0.25, 0.3) is 0 Å². The van der Waals surface area contributed by atoms with E-state index in [2.05, 4.69) is 5.32 Å². The van der Waals surface area contributed by atoms with Gasteiger partial charge in [-0.05, 0) is 43.5 Å². The number of hydrogen-bond acceptors (Lipinski definition) is 3. The number of nitrogens with one attached hydrogen (secondary N) is 1. The molecule has 1 N–H and O–H groups in total. The lowest BCUT2D eigenvalue weighted by Crippen LogP contribution is -2.33. The van der Waals surface area contributed by atoms with Gasteiger partial charge in [0.1, 0.15) is 5.82 Å². The summed E-state index contributed by atoms with van der Waals surface area (Å²) in [5, 5.41) is 2.58. The van der Waals surface area contributed by atoms with Crippen molar-refractivity contribution in [3.8, 4) is 0 Å². The number of amides is 1. The van der Waals surface area contributed by atoms with E-state index in [1.54, 1.807) is 0 Å². The van der Waals surface area contributed by atoms with Gasteiger partial charge in [0.2, 0.25) is 5.91 Å². The minimum atomic E-state index is -0.389. The number of rotatable bonds is 5. The highest BCUT2D eigenvalue weighted by molar-refractivity contribution is 5.99. The first-order valence-electron chi connectivity index (χ1n) is 6.82. The number of carbonyl (C=O) groups excluding carboxylic acids is 2. The first kappa shape index (κ1) is 14.7. The summed E-state index contributed by atoms with van der Waals surface area (Å²) in [5.74, 6) is -0.810. The molecule has 108 valence electrons. The predicted octanol–water partition coefficient (Wildman–Crippen LogP) is 2.08. The molecule has 5 heteroatoms. The van der Waals surface area contributed by atoms with Crippen LogP contribution in [-0.4, -0.2) is 30.9 Å². The van der Waals surface area contributed by atoms with Gasteiger partial charge in [0, 0.05) is 12.2 Å². The summed E-state index contributed by atoms with van der Waals surface area (Å²) < 4.78 is 18.2. The Labute approximate surface area is 117 Å². The van der Waals surface area contributed by atoms with Crippen molar-refractivity contribution in [3.63, 3.8) is 0 Å². The lowest BCUT2D eigenvalue weighted by Gasteiger charge is -2.21. The Morgan fingerprint density at radius 2 is 2.00 bits per heavy atom. The summed E-state index contributed by atoms with van der Waals surface area (Å²) in [6.07, 6.45) is 3.26. The number of halogens is 1. The van der Waals surface area contributed by atoms with E-state index in [1.165, 1.54) is 24.3 Å². The summed E-state index contributed by atoms with van der Waals surface area (Å²) in [7, 11) is 0.